The zero-order valence-corrected chi connectivity index (χ0v) is 23.0. The second-order valence-electron chi connectivity index (χ2n) is 9.78. The van der Waals surface area contributed by atoms with Crippen molar-refractivity contribution in [1.82, 2.24) is 19.8 Å². The topological polar surface area (TPSA) is 71.9 Å². The number of hydrogen-bond acceptors (Lipinski definition) is 6. The van der Waals surface area contributed by atoms with Crippen molar-refractivity contribution in [1.29, 1.82) is 0 Å². The van der Waals surface area contributed by atoms with E-state index in [1.165, 1.54) is 18.4 Å². The molecule has 0 amide bonds. The largest absolute Gasteiger partial charge is 0.469 e. The van der Waals surface area contributed by atoms with Crippen LogP contribution in [0.15, 0.2) is 54.7 Å². The lowest BCUT2D eigenvalue weighted by Gasteiger charge is -2.29. The maximum Gasteiger partial charge on any atom is 0.305 e. The van der Waals surface area contributed by atoms with Gasteiger partial charge in [-0.2, -0.15) is 0 Å². The molecule has 9 heteroatoms. The maximum absolute atomic E-state index is 11.8. The minimum atomic E-state index is -0.209. The lowest BCUT2D eigenvalue weighted by Crippen LogP contribution is -2.36. The highest BCUT2D eigenvalue weighted by Gasteiger charge is 2.41. The SMILES string of the molecule is COC(=O)CCCN1C(=S)N[C@H](c2ccccn2)[C@@H]1c1cc(C)n(-c2ccc(N3CCOCC3)cc2)c1C. The molecular weight excluding hydrogens is 498 g/mol. The normalized spacial score (nSPS) is 19.5. The number of carbonyl (C=O) groups is 1. The molecule has 0 spiro atoms. The van der Waals surface area contributed by atoms with Gasteiger partial charge in [-0.25, -0.2) is 0 Å². The van der Waals surface area contributed by atoms with Gasteiger partial charge in [0, 0.05) is 55.0 Å². The third kappa shape index (κ3) is 5.26. The van der Waals surface area contributed by atoms with E-state index in [-0.39, 0.29) is 18.1 Å². The third-order valence-electron chi connectivity index (χ3n) is 7.48. The minimum absolute atomic E-state index is 0.0531. The summed E-state index contributed by atoms with van der Waals surface area (Å²) < 4.78 is 12.7. The van der Waals surface area contributed by atoms with E-state index in [2.05, 4.69) is 68.8 Å². The van der Waals surface area contributed by atoms with Crippen LogP contribution in [0.5, 0.6) is 0 Å². The van der Waals surface area contributed by atoms with Gasteiger partial charge in [-0.3, -0.25) is 9.78 Å². The fourth-order valence-electron chi connectivity index (χ4n) is 5.60. The van der Waals surface area contributed by atoms with Crippen LogP contribution >= 0.6 is 12.2 Å². The highest BCUT2D eigenvalue weighted by Crippen LogP contribution is 2.41. The van der Waals surface area contributed by atoms with E-state index in [0.717, 1.165) is 49.1 Å². The molecule has 1 N–H and O–H groups in total. The van der Waals surface area contributed by atoms with Gasteiger partial charge < -0.3 is 29.2 Å². The zero-order chi connectivity index (χ0) is 26.6. The molecule has 2 fully saturated rings. The molecule has 5 rings (SSSR count). The number of carbonyl (C=O) groups excluding carboxylic acids is 1. The summed E-state index contributed by atoms with van der Waals surface area (Å²) in [4.78, 5) is 21.0. The van der Waals surface area contributed by atoms with Crippen LogP contribution in [-0.4, -0.2) is 65.5 Å². The van der Waals surface area contributed by atoms with Gasteiger partial charge >= 0.3 is 5.97 Å². The smallest absolute Gasteiger partial charge is 0.305 e. The van der Waals surface area contributed by atoms with E-state index in [0.29, 0.717) is 24.5 Å². The number of benzene rings is 1. The third-order valence-corrected chi connectivity index (χ3v) is 7.83. The van der Waals surface area contributed by atoms with Crippen LogP contribution in [0.2, 0.25) is 0 Å². The molecule has 200 valence electrons. The average Bonchev–Trinajstić information content (AvgIpc) is 3.43. The lowest BCUT2D eigenvalue weighted by atomic mass is 9.96. The molecule has 0 aliphatic carbocycles. The molecular formula is C29H35N5O3S. The van der Waals surface area contributed by atoms with E-state index in [1.807, 2.05) is 24.4 Å². The molecule has 2 aliphatic heterocycles. The summed E-state index contributed by atoms with van der Waals surface area (Å²) in [5.74, 6) is -0.209. The van der Waals surface area contributed by atoms with Gasteiger partial charge in [-0.05, 0) is 80.5 Å². The molecule has 2 atom stereocenters. The van der Waals surface area contributed by atoms with Crippen molar-refractivity contribution in [3.05, 3.63) is 77.4 Å². The number of nitrogens with zero attached hydrogens (tertiary/aromatic N) is 4. The number of ether oxygens (including phenoxy) is 2. The number of anilines is 1. The molecule has 2 aliphatic rings. The van der Waals surface area contributed by atoms with Gasteiger partial charge in [0.05, 0.1) is 38.1 Å². The summed E-state index contributed by atoms with van der Waals surface area (Å²) in [5.41, 5.74) is 6.80. The van der Waals surface area contributed by atoms with Crippen LogP contribution in [0.25, 0.3) is 5.69 Å². The summed E-state index contributed by atoms with van der Waals surface area (Å²) in [6.07, 6.45) is 2.82. The Kier molecular flexibility index (Phi) is 7.95. The Labute approximate surface area is 229 Å². The molecule has 4 heterocycles. The Morgan fingerprint density at radius 1 is 1.13 bits per heavy atom. The van der Waals surface area contributed by atoms with Crippen LogP contribution in [0.3, 0.4) is 0 Å². The molecule has 3 aromatic rings. The maximum atomic E-state index is 11.8. The van der Waals surface area contributed by atoms with Crippen molar-refractivity contribution in [3.63, 3.8) is 0 Å². The molecule has 1 aromatic carbocycles. The fraction of sp³-hybridized carbons (Fsp3) is 0.414. The van der Waals surface area contributed by atoms with Crippen molar-refractivity contribution in [2.24, 2.45) is 0 Å². The van der Waals surface area contributed by atoms with Crippen LogP contribution < -0.4 is 10.2 Å². The molecule has 38 heavy (non-hydrogen) atoms. The van der Waals surface area contributed by atoms with E-state index in [4.69, 9.17) is 21.7 Å². The number of nitrogens with one attached hydrogen (secondary N) is 1. The van der Waals surface area contributed by atoms with E-state index in [9.17, 15) is 4.79 Å². The first-order valence-corrected chi connectivity index (χ1v) is 13.6. The van der Waals surface area contributed by atoms with Crippen molar-refractivity contribution >= 4 is 29.0 Å². The molecule has 2 saturated heterocycles. The number of rotatable bonds is 8. The highest BCUT2D eigenvalue weighted by atomic mass is 32.1. The predicted molar refractivity (Wildman–Crippen MR) is 152 cm³/mol. The van der Waals surface area contributed by atoms with E-state index < -0.39 is 0 Å². The summed E-state index contributed by atoms with van der Waals surface area (Å²) >= 11 is 5.81. The number of methoxy groups -OCH3 is 1. The number of esters is 1. The Balaban J connectivity index is 1.47. The number of aromatic nitrogens is 2. The first-order valence-electron chi connectivity index (χ1n) is 13.1. The lowest BCUT2D eigenvalue weighted by molar-refractivity contribution is -0.140. The Morgan fingerprint density at radius 3 is 2.55 bits per heavy atom. The Bertz CT molecular complexity index is 1270. The van der Waals surface area contributed by atoms with Gasteiger partial charge in [-0.15, -0.1) is 0 Å². The minimum Gasteiger partial charge on any atom is -0.469 e. The quantitative estimate of drug-likeness (QED) is 0.340. The van der Waals surface area contributed by atoms with Crippen LogP contribution in [0.4, 0.5) is 5.69 Å². The van der Waals surface area contributed by atoms with Crippen molar-refractivity contribution in [2.45, 2.75) is 38.8 Å². The van der Waals surface area contributed by atoms with E-state index in [1.54, 1.807) is 0 Å². The summed E-state index contributed by atoms with van der Waals surface area (Å²) in [7, 11) is 1.42. The number of hydrogen-bond donors (Lipinski definition) is 1. The summed E-state index contributed by atoms with van der Waals surface area (Å²) in [6.45, 7) is 8.33. The molecule has 2 aromatic heterocycles. The molecule has 0 unspecified atom stereocenters. The van der Waals surface area contributed by atoms with Crippen LogP contribution in [0.1, 0.15) is 47.6 Å². The second kappa shape index (κ2) is 11.5. The van der Waals surface area contributed by atoms with Gasteiger partial charge in [0.2, 0.25) is 0 Å². The molecule has 0 radical (unpaired) electrons. The molecule has 8 nitrogen and oxygen atoms in total. The van der Waals surface area contributed by atoms with Gasteiger partial charge in [-0.1, -0.05) is 6.07 Å². The molecule has 0 saturated carbocycles. The first-order chi connectivity index (χ1) is 18.5. The van der Waals surface area contributed by atoms with Gasteiger partial charge in [0.1, 0.15) is 0 Å². The molecule has 0 bridgehead atoms. The monoisotopic (exact) mass is 533 g/mol. The van der Waals surface area contributed by atoms with Gasteiger partial charge in [0.25, 0.3) is 0 Å². The first kappa shape index (κ1) is 26.2. The van der Waals surface area contributed by atoms with Crippen molar-refractivity contribution in [3.8, 4) is 5.69 Å². The fourth-order valence-corrected chi connectivity index (χ4v) is 5.93. The highest BCUT2D eigenvalue weighted by molar-refractivity contribution is 7.80. The number of aryl methyl sites for hydroxylation is 1. The number of thiocarbonyl (C=S) groups is 1. The van der Waals surface area contributed by atoms with E-state index >= 15 is 0 Å². The predicted octanol–water partition coefficient (Wildman–Crippen LogP) is 4.25. The summed E-state index contributed by atoms with van der Waals surface area (Å²) in [6, 6.07) is 16.8. The zero-order valence-electron chi connectivity index (χ0n) is 22.2. The Morgan fingerprint density at radius 2 is 1.87 bits per heavy atom. The van der Waals surface area contributed by atoms with Crippen LogP contribution in [-0.2, 0) is 14.3 Å². The Hall–Kier alpha value is -3.43. The average molecular weight is 534 g/mol. The van der Waals surface area contributed by atoms with Crippen molar-refractivity contribution in [2.75, 3.05) is 44.9 Å². The van der Waals surface area contributed by atoms with Crippen molar-refractivity contribution < 1.29 is 14.3 Å². The number of morpholine rings is 1. The summed E-state index contributed by atoms with van der Waals surface area (Å²) in [5, 5.41) is 4.19. The van der Waals surface area contributed by atoms with Gasteiger partial charge in [0.15, 0.2) is 5.11 Å². The van der Waals surface area contributed by atoms with Crippen LogP contribution in [0, 0.1) is 13.8 Å². The second-order valence-corrected chi connectivity index (χ2v) is 10.2. The standard InChI is InChI=1S/C29H35N5O3S/c1-20-19-24(21(2)34(20)23-11-9-22(10-12-23)32-15-17-37-18-16-32)28-27(25-7-4-5-13-30-25)31-29(38)33(28)14-6-8-26(35)36-3/h4-5,7,9-13,19,27-28H,6,8,14-18H2,1-3H3,(H,31,38)/t27-,28+/m1/s1. The number of pyridine rings is 1.